The molecule has 1 saturated heterocycles. The van der Waals surface area contributed by atoms with Crippen LogP contribution >= 0.6 is 0 Å². The molecule has 4 heteroatoms. The molecular weight excluding hydrogens is 334 g/mol. The average Bonchev–Trinajstić information content (AvgIpc) is 3.51. The number of hydrogen-bond acceptors (Lipinski definition) is 4. The van der Waals surface area contributed by atoms with E-state index in [1.807, 2.05) is 0 Å². The van der Waals surface area contributed by atoms with Crippen molar-refractivity contribution in [2.75, 3.05) is 53.5 Å². The molecule has 0 bridgehead atoms. The number of hydrogen-bond donors (Lipinski definition) is 0. The number of ether oxygens (including phenoxy) is 1. The van der Waals surface area contributed by atoms with Gasteiger partial charge in [0.05, 0.1) is 13.2 Å². The van der Waals surface area contributed by atoms with E-state index in [1.165, 1.54) is 38.8 Å². The molecule has 6 atom stereocenters. The number of morpholine rings is 1. The van der Waals surface area contributed by atoms with Crippen LogP contribution < -0.4 is 0 Å². The van der Waals surface area contributed by atoms with Crippen LogP contribution in [0.2, 0.25) is 0 Å². The maximum absolute atomic E-state index is 5.50. The van der Waals surface area contributed by atoms with Gasteiger partial charge in [0.2, 0.25) is 0 Å². The first kappa shape index (κ1) is 21.5. The lowest BCUT2D eigenvalue weighted by molar-refractivity contribution is 0.0170. The molecule has 0 N–H and O–H groups in total. The highest BCUT2D eigenvalue weighted by Crippen LogP contribution is 2.42. The monoisotopic (exact) mass is 379 g/mol. The highest BCUT2D eigenvalue weighted by atomic mass is 16.5. The summed E-state index contributed by atoms with van der Waals surface area (Å²) >= 11 is 0. The van der Waals surface area contributed by atoms with Crippen molar-refractivity contribution in [3.05, 3.63) is 0 Å². The predicted octanol–water partition coefficient (Wildman–Crippen LogP) is 3.42. The molecule has 0 amide bonds. The van der Waals surface area contributed by atoms with Crippen LogP contribution in [0.1, 0.15) is 53.4 Å². The van der Waals surface area contributed by atoms with Crippen LogP contribution in [-0.2, 0) is 4.74 Å². The van der Waals surface area contributed by atoms with E-state index in [2.05, 4.69) is 56.5 Å². The normalized spacial score (nSPS) is 33.7. The van der Waals surface area contributed by atoms with Gasteiger partial charge in [-0.2, -0.15) is 0 Å². The standard InChI is InChI=1S/C23H45N3O/c1-17(2)15-24(5)22-13-20(22)11-18(3)16-25(6)23-14-21(23)12-19(4)26-7-9-27-10-8-26/h17-23H,7-16H2,1-6H3. The molecule has 158 valence electrons. The molecule has 0 radical (unpaired) electrons. The van der Waals surface area contributed by atoms with Crippen LogP contribution in [0.4, 0.5) is 0 Å². The predicted molar refractivity (Wildman–Crippen MR) is 114 cm³/mol. The Bertz CT molecular complexity index is 451. The van der Waals surface area contributed by atoms with Crippen LogP contribution in [0.25, 0.3) is 0 Å². The summed E-state index contributed by atoms with van der Waals surface area (Å²) in [6, 6.07) is 2.43. The van der Waals surface area contributed by atoms with Crippen molar-refractivity contribution in [1.82, 2.24) is 14.7 Å². The third-order valence-electron chi connectivity index (χ3n) is 7.17. The summed E-state index contributed by atoms with van der Waals surface area (Å²) < 4.78 is 5.50. The van der Waals surface area contributed by atoms with E-state index in [9.17, 15) is 0 Å². The van der Waals surface area contributed by atoms with Crippen LogP contribution in [-0.4, -0.2) is 86.3 Å². The summed E-state index contributed by atoms with van der Waals surface area (Å²) in [5.41, 5.74) is 0. The maximum Gasteiger partial charge on any atom is 0.0594 e. The van der Waals surface area contributed by atoms with Crippen LogP contribution in [0.3, 0.4) is 0 Å². The van der Waals surface area contributed by atoms with Gasteiger partial charge in [0, 0.05) is 44.3 Å². The van der Waals surface area contributed by atoms with Gasteiger partial charge in [-0.1, -0.05) is 20.8 Å². The van der Waals surface area contributed by atoms with E-state index in [-0.39, 0.29) is 0 Å². The zero-order valence-electron chi connectivity index (χ0n) is 18.9. The molecule has 2 saturated carbocycles. The summed E-state index contributed by atoms with van der Waals surface area (Å²) in [7, 11) is 4.70. The molecule has 1 aliphatic heterocycles. The Kier molecular flexibility index (Phi) is 7.63. The van der Waals surface area contributed by atoms with E-state index in [1.54, 1.807) is 0 Å². The summed E-state index contributed by atoms with van der Waals surface area (Å²) in [6.07, 6.45) is 5.63. The molecule has 0 aromatic carbocycles. The molecule has 1 heterocycles. The summed E-state index contributed by atoms with van der Waals surface area (Å²) in [5, 5.41) is 0. The fourth-order valence-electron chi connectivity index (χ4n) is 5.58. The van der Waals surface area contributed by atoms with E-state index >= 15 is 0 Å². The van der Waals surface area contributed by atoms with Crippen molar-refractivity contribution in [3.8, 4) is 0 Å². The van der Waals surface area contributed by atoms with Crippen molar-refractivity contribution in [3.63, 3.8) is 0 Å². The lowest BCUT2D eigenvalue weighted by atomic mass is 10.0. The Morgan fingerprint density at radius 3 is 2.00 bits per heavy atom. The molecule has 0 aromatic heterocycles. The second-order valence-electron chi connectivity index (χ2n) is 10.5. The van der Waals surface area contributed by atoms with Gasteiger partial charge in [0.25, 0.3) is 0 Å². The van der Waals surface area contributed by atoms with Crippen molar-refractivity contribution < 1.29 is 4.74 Å². The van der Waals surface area contributed by atoms with Crippen molar-refractivity contribution in [2.24, 2.45) is 23.7 Å². The van der Waals surface area contributed by atoms with Gasteiger partial charge < -0.3 is 14.5 Å². The fraction of sp³-hybridized carbons (Fsp3) is 1.00. The SMILES string of the molecule is CC(C)CN(C)C1CC1CC(C)CN(C)C1CC1CC(C)N1CCOCC1. The van der Waals surface area contributed by atoms with E-state index in [0.29, 0.717) is 0 Å². The van der Waals surface area contributed by atoms with Crippen molar-refractivity contribution in [2.45, 2.75) is 71.5 Å². The van der Waals surface area contributed by atoms with E-state index in [4.69, 9.17) is 4.74 Å². The van der Waals surface area contributed by atoms with Crippen molar-refractivity contribution in [1.29, 1.82) is 0 Å². The third kappa shape index (κ3) is 6.42. The second-order valence-corrected chi connectivity index (χ2v) is 10.5. The topological polar surface area (TPSA) is 19.0 Å². The van der Waals surface area contributed by atoms with Gasteiger partial charge in [0.1, 0.15) is 0 Å². The molecular formula is C23H45N3O. The zero-order valence-corrected chi connectivity index (χ0v) is 18.9. The molecule has 0 spiro atoms. The molecule has 0 aromatic rings. The van der Waals surface area contributed by atoms with Gasteiger partial charge in [0.15, 0.2) is 0 Å². The molecule has 3 aliphatic rings. The van der Waals surface area contributed by atoms with Gasteiger partial charge >= 0.3 is 0 Å². The van der Waals surface area contributed by atoms with Crippen LogP contribution in [0, 0.1) is 23.7 Å². The van der Waals surface area contributed by atoms with E-state index < -0.39 is 0 Å². The number of nitrogens with zero attached hydrogens (tertiary/aromatic N) is 3. The first-order chi connectivity index (χ1) is 12.8. The third-order valence-corrected chi connectivity index (χ3v) is 7.17. The minimum atomic E-state index is 0.721. The Labute approximate surface area is 168 Å². The van der Waals surface area contributed by atoms with Crippen LogP contribution in [0.5, 0.6) is 0 Å². The summed E-state index contributed by atoms with van der Waals surface area (Å²) in [6.45, 7) is 16.2. The first-order valence-electron chi connectivity index (χ1n) is 11.6. The average molecular weight is 380 g/mol. The molecule has 2 aliphatic carbocycles. The highest BCUT2D eigenvalue weighted by molar-refractivity contribution is 4.98. The van der Waals surface area contributed by atoms with Gasteiger partial charge in [-0.3, -0.25) is 4.90 Å². The Morgan fingerprint density at radius 1 is 0.852 bits per heavy atom. The lowest BCUT2D eigenvalue weighted by Crippen LogP contribution is -2.42. The minimum absolute atomic E-state index is 0.721. The smallest absolute Gasteiger partial charge is 0.0594 e. The molecule has 3 rings (SSSR count). The van der Waals surface area contributed by atoms with E-state index in [0.717, 1.165) is 68.1 Å². The Balaban J connectivity index is 1.31. The van der Waals surface area contributed by atoms with Crippen molar-refractivity contribution >= 4 is 0 Å². The molecule has 4 nitrogen and oxygen atoms in total. The Hall–Kier alpha value is -0.160. The van der Waals surface area contributed by atoms with Crippen LogP contribution in [0.15, 0.2) is 0 Å². The molecule has 6 unspecified atom stereocenters. The quantitative estimate of drug-likeness (QED) is 0.547. The minimum Gasteiger partial charge on any atom is -0.379 e. The zero-order chi connectivity index (χ0) is 19.6. The first-order valence-corrected chi connectivity index (χ1v) is 11.6. The van der Waals surface area contributed by atoms with Gasteiger partial charge in [-0.05, 0) is 70.4 Å². The molecule has 3 fully saturated rings. The fourth-order valence-corrected chi connectivity index (χ4v) is 5.58. The highest BCUT2D eigenvalue weighted by Gasteiger charge is 2.43. The van der Waals surface area contributed by atoms with Gasteiger partial charge in [-0.15, -0.1) is 0 Å². The summed E-state index contributed by atoms with van der Waals surface area (Å²) in [4.78, 5) is 7.91. The molecule has 27 heavy (non-hydrogen) atoms. The largest absolute Gasteiger partial charge is 0.379 e. The Morgan fingerprint density at radius 2 is 1.41 bits per heavy atom. The lowest BCUT2D eigenvalue weighted by Gasteiger charge is -2.32. The maximum atomic E-state index is 5.50. The summed E-state index contributed by atoms with van der Waals surface area (Å²) in [5.74, 6) is 3.49. The van der Waals surface area contributed by atoms with Gasteiger partial charge in [-0.25, -0.2) is 0 Å². The second kappa shape index (κ2) is 9.56. The number of rotatable bonds is 11.